The van der Waals surface area contributed by atoms with Gasteiger partial charge in [0.2, 0.25) is 0 Å². The van der Waals surface area contributed by atoms with E-state index in [-0.39, 0.29) is 4.90 Å². The van der Waals surface area contributed by atoms with Crippen molar-refractivity contribution in [1.82, 2.24) is 4.83 Å². The highest BCUT2D eigenvalue weighted by atomic mass is 35.5. The third kappa shape index (κ3) is 5.66. The van der Waals surface area contributed by atoms with Crippen LogP contribution in [0, 0.1) is 6.92 Å². The molecule has 0 heterocycles. The summed E-state index contributed by atoms with van der Waals surface area (Å²) in [7, 11) is -3.76. The van der Waals surface area contributed by atoms with Gasteiger partial charge in [0, 0.05) is 5.02 Å². The summed E-state index contributed by atoms with van der Waals surface area (Å²) in [5, 5.41) is 4.30. The first kappa shape index (κ1) is 20.6. The SMILES string of the molecule is Cc1ccc(S(=O)(=O)N/N=C\c2cccc(OC(=O)c3ccc(Cl)cc3)c2)cc1. The molecule has 0 aliphatic rings. The molecule has 8 heteroatoms. The van der Waals surface area contributed by atoms with Crippen molar-refractivity contribution in [1.29, 1.82) is 0 Å². The number of rotatable bonds is 6. The van der Waals surface area contributed by atoms with Crippen LogP contribution in [0.5, 0.6) is 5.75 Å². The summed E-state index contributed by atoms with van der Waals surface area (Å²) in [5.41, 5.74) is 1.87. The van der Waals surface area contributed by atoms with Crippen molar-refractivity contribution >= 4 is 33.8 Å². The number of halogens is 1. The number of hydrazone groups is 1. The lowest BCUT2D eigenvalue weighted by Gasteiger charge is -2.06. The maximum atomic E-state index is 12.2. The summed E-state index contributed by atoms with van der Waals surface area (Å²) < 4.78 is 29.8. The molecule has 0 spiro atoms. The quantitative estimate of drug-likeness (QED) is 0.276. The summed E-state index contributed by atoms with van der Waals surface area (Å²) in [4.78, 5) is 14.4. The third-order valence-electron chi connectivity index (χ3n) is 3.87. The molecule has 0 saturated heterocycles. The van der Waals surface area contributed by atoms with Crippen LogP contribution in [0.3, 0.4) is 0 Å². The van der Waals surface area contributed by atoms with Crippen LogP contribution in [0.2, 0.25) is 5.02 Å². The zero-order chi connectivity index (χ0) is 20.9. The number of carbonyl (C=O) groups excluding carboxylic acids is 1. The van der Waals surface area contributed by atoms with E-state index in [1.54, 1.807) is 60.7 Å². The highest BCUT2D eigenvalue weighted by Crippen LogP contribution is 2.16. The van der Waals surface area contributed by atoms with Crippen molar-refractivity contribution in [3.8, 4) is 5.75 Å². The van der Waals surface area contributed by atoms with Crippen molar-refractivity contribution in [2.45, 2.75) is 11.8 Å². The van der Waals surface area contributed by atoms with Gasteiger partial charge in [0.1, 0.15) is 5.75 Å². The number of esters is 1. The van der Waals surface area contributed by atoms with Gasteiger partial charge in [-0.3, -0.25) is 0 Å². The first-order valence-corrected chi connectivity index (χ1v) is 10.4. The van der Waals surface area contributed by atoms with Crippen LogP contribution in [-0.4, -0.2) is 20.6 Å². The van der Waals surface area contributed by atoms with Gasteiger partial charge in [0.05, 0.1) is 16.7 Å². The molecular formula is C21H17ClN2O4S. The Kier molecular flexibility index (Phi) is 6.31. The van der Waals surface area contributed by atoms with E-state index >= 15 is 0 Å². The normalized spacial score (nSPS) is 11.4. The third-order valence-corrected chi connectivity index (χ3v) is 5.36. The molecule has 0 bridgehead atoms. The van der Waals surface area contributed by atoms with Crippen LogP contribution in [0.4, 0.5) is 0 Å². The summed E-state index contributed by atoms with van der Waals surface area (Å²) in [6, 6.07) is 19.3. The number of nitrogens with one attached hydrogen (secondary N) is 1. The monoisotopic (exact) mass is 428 g/mol. The van der Waals surface area contributed by atoms with Gasteiger partial charge in [0.25, 0.3) is 10.0 Å². The van der Waals surface area contributed by atoms with Crippen molar-refractivity contribution in [3.63, 3.8) is 0 Å². The number of sulfonamides is 1. The van der Waals surface area contributed by atoms with Gasteiger partial charge in [-0.2, -0.15) is 13.5 Å². The Morgan fingerprint density at radius 3 is 2.41 bits per heavy atom. The first-order chi connectivity index (χ1) is 13.8. The van der Waals surface area contributed by atoms with Gasteiger partial charge in [-0.15, -0.1) is 0 Å². The van der Waals surface area contributed by atoms with Crippen molar-refractivity contribution < 1.29 is 17.9 Å². The van der Waals surface area contributed by atoms with Crippen LogP contribution in [0.15, 0.2) is 82.8 Å². The highest BCUT2D eigenvalue weighted by molar-refractivity contribution is 7.89. The van der Waals surface area contributed by atoms with E-state index in [4.69, 9.17) is 16.3 Å². The fourth-order valence-electron chi connectivity index (χ4n) is 2.35. The first-order valence-electron chi connectivity index (χ1n) is 8.53. The molecule has 3 rings (SSSR count). The van der Waals surface area contributed by atoms with Crippen LogP contribution < -0.4 is 9.57 Å². The molecule has 29 heavy (non-hydrogen) atoms. The van der Waals surface area contributed by atoms with E-state index in [0.717, 1.165) is 5.56 Å². The van der Waals surface area contributed by atoms with Crippen LogP contribution in [0.1, 0.15) is 21.5 Å². The minimum absolute atomic E-state index is 0.117. The summed E-state index contributed by atoms with van der Waals surface area (Å²) >= 11 is 5.81. The van der Waals surface area contributed by atoms with Crippen molar-refractivity contribution in [2.24, 2.45) is 5.10 Å². The lowest BCUT2D eigenvalue weighted by Crippen LogP contribution is -2.18. The predicted molar refractivity (Wildman–Crippen MR) is 112 cm³/mol. The van der Waals surface area contributed by atoms with Gasteiger partial charge < -0.3 is 4.74 Å². The average molecular weight is 429 g/mol. The molecule has 0 aromatic heterocycles. The maximum absolute atomic E-state index is 12.2. The number of aryl methyl sites for hydroxylation is 1. The Labute approximate surface area is 173 Å². The Morgan fingerprint density at radius 1 is 1.03 bits per heavy atom. The molecule has 0 fully saturated rings. The van der Waals surface area contributed by atoms with Gasteiger partial charge in [-0.05, 0) is 61.0 Å². The molecule has 3 aromatic carbocycles. The fourth-order valence-corrected chi connectivity index (χ4v) is 3.27. The second kappa shape index (κ2) is 8.89. The van der Waals surface area contributed by atoms with Crippen LogP contribution in [-0.2, 0) is 10.0 Å². The summed E-state index contributed by atoms with van der Waals surface area (Å²) in [5.74, 6) is -0.230. The van der Waals surface area contributed by atoms with Crippen molar-refractivity contribution in [2.75, 3.05) is 0 Å². The fraction of sp³-hybridized carbons (Fsp3) is 0.0476. The van der Waals surface area contributed by atoms with Gasteiger partial charge in [0.15, 0.2) is 0 Å². The largest absolute Gasteiger partial charge is 0.423 e. The lowest BCUT2D eigenvalue weighted by atomic mass is 10.2. The number of nitrogens with zero attached hydrogens (tertiary/aromatic N) is 1. The van der Waals surface area contributed by atoms with Gasteiger partial charge >= 0.3 is 5.97 Å². The summed E-state index contributed by atoms with van der Waals surface area (Å²) in [6.07, 6.45) is 1.32. The second-order valence-electron chi connectivity index (χ2n) is 6.13. The van der Waals surface area contributed by atoms with Gasteiger partial charge in [-0.1, -0.05) is 41.4 Å². The van der Waals surface area contributed by atoms with E-state index in [1.807, 2.05) is 6.92 Å². The molecule has 0 aliphatic heterocycles. The van der Waals surface area contributed by atoms with E-state index in [2.05, 4.69) is 9.93 Å². The number of ether oxygens (including phenoxy) is 1. The molecule has 0 unspecified atom stereocenters. The second-order valence-corrected chi connectivity index (χ2v) is 8.23. The Balaban J connectivity index is 1.67. The van der Waals surface area contributed by atoms with E-state index in [0.29, 0.717) is 21.9 Å². The number of benzene rings is 3. The standard InChI is InChI=1S/C21H17ClN2O4S/c1-15-5-11-20(12-6-15)29(26,27)24-23-14-16-3-2-4-19(13-16)28-21(25)17-7-9-18(22)10-8-17/h2-14,24H,1H3/b23-14-. The highest BCUT2D eigenvalue weighted by Gasteiger charge is 2.12. The van der Waals surface area contributed by atoms with E-state index < -0.39 is 16.0 Å². The van der Waals surface area contributed by atoms with E-state index in [1.165, 1.54) is 18.3 Å². The molecule has 3 aromatic rings. The molecule has 0 atom stereocenters. The number of hydrogen-bond acceptors (Lipinski definition) is 5. The van der Waals surface area contributed by atoms with Gasteiger partial charge in [-0.25, -0.2) is 9.63 Å². The topological polar surface area (TPSA) is 84.8 Å². The molecule has 0 amide bonds. The molecule has 0 saturated carbocycles. The minimum atomic E-state index is -3.76. The van der Waals surface area contributed by atoms with Crippen LogP contribution >= 0.6 is 11.6 Å². The zero-order valence-corrected chi connectivity index (χ0v) is 16.9. The number of hydrogen-bond donors (Lipinski definition) is 1. The number of carbonyl (C=O) groups is 1. The smallest absolute Gasteiger partial charge is 0.343 e. The van der Waals surface area contributed by atoms with Crippen LogP contribution in [0.25, 0.3) is 0 Å². The average Bonchev–Trinajstić information content (AvgIpc) is 2.69. The molecule has 148 valence electrons. The summed E-state index contributed by atoms with van der Waals surface area (Å²) in [6.45, 7) is 1.87. The van der Waals surface area contributed by atoms with E-state index in [9.17, 15) is 13.2 Å². The Hall–Kier alpha value is -3.16. The molecular weight excluding hydrogens is 412 g/mol. The Bertz CT molecular complexity index is 1140. The maximum Gasteiger partial charge on any atom is 0.343 e. The lowest BCUT2D eigenvalue weighted by molar-refractivity contribution is 0.0735. The minimum Gasteiger partial charge on any atom is -0.423 e. The molecule has 0 radical (unpaired) electrons. The molecule has 6 nitrogen and oxygen atoms in total. The zero-order valence-electron chi connectivity index (χ0n) is 15.4. The predicted octanol–water partition coefficient (Wildman–Crippen LogP) is 4.18. The molecule has 0 aliphatic carbocycles. The van der Waals surface area contributed by atoms with Crippen molar-refractivity contribution in [3.05, 3.63) is 94.5 Å². The Morgan fingerprint density at radius 2 is 1.72 bits per heavy atom. The molecule has 1 N–H and O–H groups in total.